The molecule has 1 aromatic carbocycles. The van der Waals surface area contributed by atoms with E-state index in [1.165, 1.54) is 0 Å². The van der Waals surface area contributed by atoms with Gasteiger partial charge in [-0.15, -0.1) is 0 Å². The van der Waals surface area contributed by atoms with Gasteiger partial charge in [0.15, 0.2) is 5.82 Å². The van der Waals surface area contributed by atoms with E-state index in [0.29, 0.717) is 17.3 Å². The molecular weight excluding hydrogens is 500 g/mol. The van der Waals surface area contributed by atoms with Crippen LogP contribution in [0.3, 0.4) is 0 Å². The lowest BCUT2D eigenvalue weighted by Crippen LogP contribution is -2.44. The molecule has 0 fully saturated rings. The van der Waals surface area contributed by atoms with Crippen molar-refractivity contribution in [1.29, 1.82) is 0 Å². The number of aromatic nitrogens is 1. The third-order valence-corrected chi connectivity index (χ3v) is 5.34. The van der Waals surface area contributed by atoms with Gasteiger partial charge in [-0.25, -0.2) is 14.6 Å². The summed E-state index contributed by atoms with van der Waals surface area (Å²) in [6.45, 7) is 13.8. The van der Waals surface area contributed by atoms with Crippen LogP contribution >= 0.6 is 15.9 Å². The van der Waals surface area contributed by atoms with Gasteiger partial charge in [0, 0.05) is 18.2 Å². The molecule has 2 aromatic rings. The number of pyridine rings is 1. The number of halogens is 1. The minimum Gasteiger partial charge on any atom is -0.443 e. The van der Waals surface area contributed by atoms with Crippen molar-refractivity contribution in [3.8, 4) is 11.1 Å². The third-order valence-electron chi connectivity index (χ3n) is 4.51. The number of benzene rings is 1. The monoisotopic (exact) mass is 532 g/mol. The van der Waals surface area contributed by atoms with Gasteiger partial charge in [0.1, 0.15) is 17.0 Å². The number of rotatable bonds is 5. The first kappa shape index (κ1) is 27.5. The minimum atomic E-state index is -0.881. The number of ketones is 1. The zero-order chi connectivity index (χ0) is 25.8. The quantitative estimate of drug-likeness (QED) is 0.417. The highest BCUT2D eigenvalue weighted by atomic mass is 79.9. The van der Waals surface area contributed by atoms with Crippen LogP contribution in [0.25, 0.3) is 11.1 Å². The van der Waals surface area contributed by atoms with Gasteiger partial charge in [0.05, 0.1) is 4.47 Å². The van der Waals surface area contributed by atoms with E-state index < -0.39 is 23.4 Å². The number of amides is 2. The number of hydrogen-bond acceptors (Lipinski definition) is 6. The molecule has 1 aromatic heterocycles. The first-order chi connectivity index (χ1) is 15.6. The van der Waals surface area contributed by atoms with E-state index in [-0.39, 0.29) is 11.6 Å². The van der Waals surface area contributed by atoms with Crippen molar-refractivity contribution in [3.05, 3.63) is 46.1 Å². The maximum Gasteiger partial charge on any atom is 0.425 e. The molecule has 0 spiro atoms. The van der Waals surface area contributed by atoms with Gasteiger partial charge in [-0.3, -0.25) is 4.79 Å². The van der Waals surface area contributed by atoms with Crippen LogP contribution in [0.2, 0.25) is 0 Å². The number of imide groups is 1. The van der Waals surface area contributed by atoms with Gasteiger partial charge in [-0.05, 0) is 87.5 Å². The molecule has 2 amide bonds. The summed E-state index contributed by atoms with van der Waals surface area (Å²) in [5.74, 6) is 0.164. The Morgan fingerprint density at radius 2 is 1.56 bits per heavy atom. The number of nitrogens with zero attached hydrogens (tertiary/aromatic N) is 2. The first-order valence-corrected chi connectivity index (χ1v) is 11.9. The molecule has 8 heteroatoms. The molecule has 1 heterocycles. The second-order valence-corrected chi connectivity index (χ2v) is 10.8. The zero-order valence-corrected chi connectivity index (χ0v) is 22.7. The summed E-state index contributed by atoms with van der Waals surface area (Å²) >= 11 is 3.57. The lowest BCUT2D eigenvalue weighted by atomic mass is 9.97. The highest BCUT2D eigenvalue weighted by Gasteiger charge is 2.35. The Balaban J connectivity index is 2.62. The Morgan fingerprint density at radius 3 is 2.03 bits per heavy atom. The van der Waals surface area contributed by atoms with E-state index in [0.717, 1.165) is 27.2 Å². The van der Waals surface area contributed by atoms with Crippen LogP contribution in [0.4, 0.5) is 15.4 Å². The fraction of sp³-hybridized carbons (Fsp3) is 0.462. The molecule has 0 atom stereocenters. The summed E-state index contributed by atoms with van der Waals surface area (Å²) in [6.07, 6.45) is 0.792. The predicted molar refractivity (Wildman–Crippen MR) is 136 cm³/mol. The Morgan fingerprint density at radius 1 is 1.00 bits per heavy atom. The van der Waals surface area contributed by atoms with Crippen molar-refractivity contribution < 1.29 is 23.9 Å². The van der Waals surface area contributed by atoms with Gasteiger partial charge < -0.3 is 9.47 Å². The van der Waals surface area contributed by atoms with Crippen molar-refractivity contribution in [3.63, 3.8) is 0 Å². The highest BCUT2D eigenvalue weighted by Crippen LogP contribution is 2.36. The summed E-state index contributed by atoms with van der Waals surface area (Å²) in [5, 5.41) is 0. The molecule has 0 aliphatic carbocycles. The van der Waals surface area contributed by atoms with Crippen LogP contribution in [0.1, 0.15) is 66.5 Å². The molecule has 0 radical (unpaired) electrons. The van der Waals surface area contributed by atoms with E-state index in [1.807, 2.05) is 31.2 Å². The molecule has 0 aliphatic rings. The van der Waals surface area contributed by atoms with Gasteiger partial charge in [-0.1, -0.05) is 31.2 Å². The summed E-state index contributed by atoms with van der Waals surface area (Å²) in [6, 6.07) is 7.68. The third kappa shape index (κ3) is 7.38. The average Bonchev–Trinajstić information content (AvgIpc) is 2.66. The number of carbonyl (C=O) groups is 3. The molecule has 0 N–H and O–H groups in total. The molecule has 34 heavy (non-hydrogen) atoms. The predicted octanol–water partition coefficient (Wildman–Crippen LogP) is 6.88. The molecule has 2 rings (SSSR count). The second kappa shape index (κ2) is 10.7. The van der Waals surface area contributed by atoms with Crippen molar-refractivity contribution >= 4 is 39.7 Å². The fourth-order valence-electron chi connectivity index (χ4n) is 3.26. The SMILES string of the molecule is CCc1c(-c2cccc(CC(C)=O)c2)cnc(N(C(=O)OC(C)(C)C)C(=O)OC(C)(C)C)c1Br. The van der Waals surface area contributed by atoms with E-state index >= 15 is 0 Å². The average molecular weight is 533 g/mol. The zero-order valence-electron chi connectivity index (χ0n) is 21.1. The van der Waals surface area contributed by atoms with Crippen LogP contribution in [0.5, 0.6) is 0 Å². The van der Waals surface area contributed by atoms with Crippen LogP contribution in [0.15, 0.2) is 34.9 Å². The molecule has 0 bridgehead atoms. The highest BCUT2D eigenvalue weighted by molar-refractivity contribution is 9.10. The smallest absolute Gasteiger partial charge is 0.425 e. The first-order valence-electron chi connectivity index (χ1n) is 11.1. The Bertz CT molecular complexity index is 1060. The minimum absolute atomic E-state index is 0.0767. The van der Waals surface area contributed by atoms with Gasteiger partial charge in [0.2, 0.25) is 0 Å². The number of ether oxygens (including phenoxy) is 2. The van der Waals surface area contributed by atoms with E-state index in [4.69, 9.17) is 9.47 Å². The van der Waals surface area contributed by atoms with E-state index in [1.54, 1.807) is 54.7 Å². The van der Waals surface area contributed by atoms with Crippen LogP contribution in [0, 0.1) is 0 Å². The summed E-state index contributed by atoms with van der Waals surface area (Å²) in [4.78, 5) is 43.0. The second-order valence-electron chi connectivity index (χ2n) is 10.0. The van der Waals surface area contributed by atoms with Crippen LogP contribution in [-0.4, -0.2) is 34.2 Å². The van der Waals surface area contributed by atoms with E-state index in [2.05, 4.69) is 20.9 Å². The number of carbonyl (C=O) groups excluding carboxylic acids is 3. The number of hydrogen-bond donors (Lipinski definition) is 0. The molecule has 0 unspecified atom stereocenters. The van der Waals surface area contributed by atoms with Crippen molar-refractivity contribution in [2.24, 2.45) is 0 Å². The fourth-order valence-corrected chi connectivity index (χ4v) is 4.04. The molecule has 0 aliphatic heterocycles. The number of Topliss-reactive ketones (excluding diaryl/α,β-unsaturated/α-hetero) is 1. The molecule has 0 saturated carbocycles. The van der Waals surface area contributed by atoms with Crippen LogP contribution < -0.4 is 4.90 Å². The normalized spacial score (nSPS) is 11.7. The van der Waals surface area contributed by atoms with Crippen LogP contribution in [-0.2, 0) is 27.1 Å². The molecule has 7 nitrogen and oxygen atoms in total. The molecule has 0 saturated heterocycles. The number of anilines is 1. The van der Waals surface area contributed by atoms with Gasteiger partial charge in [-0.2, -0.15) is 4.90 Å². The standard InChI is InChI=1S/C26H33BrN2O5/c1-9-19-20(18-12-10-11-17(14-18)13-16(2)30)15-28-22(21(19)27)29(23(31)33-25(3,4)5)24(32)34-26(6,7)8/h10-12,14-15H,9,13H2,1-8H3. The maximum atomic E-state index is 13.1. The lowest BCUT2D eigenvalue weighted by molar-refractivity contribution is -0.116. The molecule has 184 valence electrons. The lowest BCUT2D eigenvalue weighted by Gasteiger charge is -2.29. The summed E-state index contributed by atoms with van der Waals surface area (Å²) in [7, 11) is 0. The topological polar surface area (TPSA) is 85.8 Å². The van der Waals surface area contributed by atoms with Crippen molar-refractivity contribution in [2.45, 2.75) is 79.4 Å². The summed E-state index contributed by atoms with van der Waals surface area (Å²) in [5.41, 5.74) is 1.81. The van der Waals surface area contributed by atoms with Gasteiger partial charge in [0.25, 0.3) is 0 Å². The Kier molecular flexibility index (Phi) is 8.64. The van der Waals surface area contributed by atoms with Gasteiger partial charge >= 0.3 is 12.2 Å². The molecular formula is C26H33BrN2O5. The Hall–Kier alpha value is -2.74. The Labute approximate surface area is 210 Å². The van der Waals surface area contributed by atoms with E-state index in [9.17, 15) is 14.4 Å². The maximum absolute atomic E-state index is 13.1. The largest absolute Gasteiger partial charge is 0.443 e. The summed E-state index contributed by atoms with van der Waals surface area (Å²) < 4.78 is 11.4. The van der Waals surface area contributed by atoms with Crippen molar-refractivity contribution in [2.75, 3.05) is 4.90 Å². The van der Waals surface area contributed by atoms with Crippen molar-refractivity contribution in [1.82, 2.24) is 4.98 Å².